The van der Waals surface area contributed by atoms with E-state index in [1.54, 1.807) is 4.90 Å². The smallest absolute Gasteiger partial charge is 0.327 e. The van der Waals surface area contributed by atoms with E-state index in [-0.39, 0.29) is 12.1 Å². The van der Waals surface area contributed by atoms with E-state index in [0.29, 0.717) is 25.9 Å². The van der Waals surface area contributed by atoms with E-state index in [1.807, 2.05) is 6.26 Å². The highest BCUT2D eigenvalue weighted by atomic mass is 32.2. The van der Waals surface area contributed by atoms with Gasteiger partial charge < -0.3 is 10.0 Å². The SMILES string of the molecule is CSNC(=O)N1CCC(O)CC1. The summed E-state index contributed by atoms with van der Waals surface area (Å²) in [5.74, 6) is 0. The van der Waals surface area contributed by atoms with Crippen LogP contribution in [0.25, 0.3) is 0 Å². The Kier molecular flexibility index (Phi) is 3.68. The van der Waals surface area contributed by atoms with Gasteiger partial charge in [-0.3, -0.25) is 4.72 Å². The number of aliphatic hydroxyl groups is 1. The summed E-state index contributed by atoms with van der Waals surface area (Å²) in [6, 6.07) is -0.0469. The maximum atomic E-state index is 11.2. The molecule has 1 saturated heterocycles. The molecule has 0 aromatic heterocycles. The third-order valence-electron chi connectivity index (χ3n) is 1.94. The number of carbonyl (C=O) groups is 1. The molecule has 0 bridgehead atoms. The van der Waals surface area contributed by atoms with Gasteiger partial charge in [0.1, 0.15) is 0 Å². The number of carbonyl (C=O) groups excluding carboxylic acids is 1. The summed E-state index contributed by atoms with van der Waals surface area (Å²) < 4.78 is 2.65. The molecule has 12 heavy (non-hydrogen) atoms. The molecule has 4 nitrogen and oxygen atoms in total. The zero-order valence-corrected chi connectivity index (χ0v) is 7.93. The molecule has 0 aliphatic carbocycles. The molecular formula is C7H14N2O2S. The molecule has 2 N–H and O–H groups in total. The fourth-order valence-electron chi connectivity index (χ4n) is 1.22. The van der Waals surface area contributed by atoms with Gasteiger partial charge in [0, 0.05) is 19.3 Å². The number of hydrogen-bond acceptors (Lipinski definition) is 3. The first-order valence-corrected chi connectivity index (χ1v) is 5.22. The molecule has 70 valence electrons. The van der Waals surface area contributed by atoms with Crippen LogP contribution < -0.4 is 4.72 Å². The van der Waals surface area contributed by atoms with Crippen molar-refractivity contribution in [1.29, 1.82) is 0 Å². The number of hydrogen-bond donors (Lipinski definition) is 2. The largest absolute Gasteiger partial charge is 0.393 e. The minimum Gasteiger partial charge on any atom is -0.393 e. The van der Waals surface area contributed by atoms with Crippen LogP contribution in [0.5, 0.6) is 0 Å². The van der Waals surface area contributed by atoms with E-state index in [1.165, 1.54) is 11.9 Å². The molecule has 5 heteroatoms. The second kappa shape index (κ2) is 4.57. The zero-order chi connectivity index (χ0) is 8.97. The van der Waals surface area contributed by atoms with Crippen molar-refractivity contribution < 1.29 is 9.90 Å². The molecule has 0 unspecified atom stereocenters. The van der Waals surface area contributed by atoms with Crippen molar-refractivity contribution in [3.8, 4) is 0 Å². The monoisotopic (exact) mass is 190 g/mol. The molecule has 0 saturated carbocycles. The van der Waals surface area contributed by atoms with Crippen molar-refractivity contribution in [3.05, 3.63) is 0 Å². The number of aliphatic hydroxyl groups excluding tert-OH is 1. The summed E-state index contributed by atoms with van der Waals surface area (Å²) in [6.45, 7) is 1.32. The van der Waals surface area contributed by atoms with Gasteiger partial charge in [-0.25, -0.2) is 4.79 Å². The Balaban J connectivity index is 2.29. The third-order valence-corrected chi connectivity index (χ3v) is 2.32. The summed E-state index contributed by atoms with van der Waals surface area (Å²) in [7, 11) is 0. The lowest BCUT2D eigenvalue weighted by molar-refractivity contribution is 0.0953. The summed E-state index contributed by atoms with van der Waals surface area (Å²) in [5.41, 5.74) is 0. The van der Waals surface area contributed by atoms with E-state index in [4.69, 9.17) is 0 Å². The minimum absolute atomic E-state index is 0.0469. The van der Waals surface area contributed by atoms with Gasteiger partial charge in [0.05, 0.1) is 6.10 Å². The molecule has 0 spiro atoms. The Bertz CT molecular complexity index is 157. The van der Waals surface area contributed by atoms with E-state index >= 15 is 0 Å². The van der Waals surface area contributed by atoms with Crippen LogP contribution in [0.2, 0.25) is 0 Å². The maximum absolute atomic E-state index is 11.2. The molecule has 0 radical (unpaired) electrons. The average Bonchev–Trinajstić information content (AvgIpc) is 2.06. The van der Waals surface area contributed by atoms with Gasteiger partial charge in [0.25, 0.3) is 0 Å². The molecule has 0 atom stereocenters. The number of likely N-dealkylation sites (tertiary alicyclic amines) is 1. The van der Waals surface area contributed by atoms with Gasteiger partial charge in [0.2, 0.25) is 0 Å². The Hall–Kier alpha value is -0.420. The van der Waals surface area contributed by atoms with Crippen LogP contribution in [0.15, 0.2) is 0 Å². The molecule has 1 fully saturated rings. The summed E-state index contributed by atoms with van der Waals surface area (Å²) in [6.07, 6.45) is 2.99. The third kappa shape index (κ3) is 2.57. The molecule has 1 rings (SSSR count). The number of urea groups is 1. The van der Waals surface area contributed by atoms with E-state index in [2.05, 4.69) is 4.72 Å². The quantitative estimate of drug-likeness (QED) is 0.590. The Labute approximate surface area is 76.4 Å². The maximum Gasteiger partial charge on any atom is 0.327 e. The predicted octanol–water partition coefficient (Wildman–Crippen LogP) is 0.431. The Morgan fingerprint density at radius 2 is 2.17 bits per heavy atom. The predicted molar refractivity (Wildman–Crippen MR) is 48.9 cm³/mol. The first-order chi connectivity index (χ1) is 5.74. The highest BCUT2D eigenvalue weighted by Gasteiger charge is 2.20. The van der Waals surface area contributed by atoms with E-state index in [0.717, 1.165) is 0 Å². The lowest BCUT2D eigenvalue weighted by Gasteiger charge is -2.29. The van der Waals surface area contributed by atoms with Gasteiger partial charge in [-0.1, -0.05) is 11.9 Å². The lowest BCUT2D eigenvalue weighted by atomic mass is 10.1. The second-order valence-corrected chi connectivity index (χ2v) is 3.44. The van der Waals surface area contributed by atoms with Crippen LogP contribution in [-0.2, 0) is 0 Å². The van der Waals surface area contributed by atoms with Gasteiger partial charge in [-0.15, -0.1) is 0 Å². The van der Waals surface area contributed by atoms with Gasteiger partial charge in [-0.05, 0) is 12.8 Å². The molecule has 2 amide bonds. The van der Waals surface area contributed by atoms with Crippen molar-refractivity contribution in [2.75, 3.05) is 19.3 Å². The molecule has 0 aromatic rings. The van der Waals surface area contributed by atoms with Gasteiger partial charge >= 0.3 is 6.03 Å². The van der Waals surface area contributed by atoms with Crippen LogP contribution in [0, 0.1) is 0 Å². The van der Waals surface area contributed by atoms with Crippen LogP contribution in [0.1, 0.15) is 12.8 Å². The molecule has 1 aliphatic heterocycles. The number of rotatable bonds is 1. The van der Waals surface area contributed by atoms with E-state index < -0.39 is 0 Å². The highest BCUT2D eigenvalue weighted by Crippen LogP contribution is 2.09. The molecule has 1 heterocycles. The first-order valence-electron chi connectivity index (χ1n) is 4.00. The fourth-order valence-corrected chi connectivity index (χ4v) is 1.52. The number of nitrogens with zero attached hydrogens (tertiary/aromatic N) is 1. The zero-order valence-electron chi connectivity index (χ0n) is 7.12. The number of nitrogens with one attached hydrogen (secondary N) is 1. The second-order valence-electron chi connectivity index (χ2n) is 2.83. The Morgan fingerprint density at radius 3 is 2.67 bits per heavy atom. The van der Waals surface area contributed by atoms with Crippen molar-refractivity contribution in [1.82, 2.24) is 9.62 Å². The number of amides is 2. The first kappa shape index (κ1) is 9.67. The molecular weight excluding hydrogens is 176 g/mol. The van der Waals surface area contributed by atoms with Gasteiger partial charge in [-0.2, -0.15) is 0 Å². The van der Waals surface area contributed by atoms with E-state index in [9.17, 15) is 9.90 Å². The average molecular weight is 190 g/mol. The van der Waals surface area contributed by atoms with Crippen LogP contribution in [-0.4, -0.2) is 41.5 Å². The van der Waals surface area contributed by atoms with Crippen molar-refractivity contribution >= 4 is 18.0 Å². The topological polar surface area (TPSA) is 52.6 Å². The van der Waals surface area contributed by atoms with Crippen LogP contribution in [0.4, 0.5) is 4.79 Å². The normalized spacial score (nSPS) is 19.3. The lowest BCUT2D eigenvalue weighted by Crippen LogP contribution is -2.43. The van der Waals surface area contributed by atoms with Crippen molar-refractivity contribution in [2.24, 2.45) is 0 Å². The van der Waals surface area contributed by atoms with Crippen molar-refractivity contribution in [2.45, 2.75) is 18.9 Å². The van der Waals surface area contributed by atoms with Gasteiger partial charge in [0.15, 0.2) is 0 Å². The van der Waals surface area contributed by atoms with Crippen molar-refractivity contribution in [3.63, 3.8) is 0 Å². The van der Waals surface area contributed by atoms with Crippen LogP contribution in [0.3, 0.4) is 0 Å². The summed E-state index contributed by atoms with van der Waals surface area (Å²) in [5, 5.41) is 9.18. The highest BCUT2D eigenvalue weighted by molar-refractivity contribution is 7.97. The Morgan fingerprint density at radius 1 is 1.58 bits per heavy atom. The minimum atomic E-state index is -0.219. The standard InChI is InChI=1S/C7H14N2O2S/c1-12-8-7(11)9-4-2-6(10)3-5-9/h6,10H,2-5H2,1H3,(H,8,11). The molecule has 0 aromatic carbocycles. The number of piperidine rings is 1. The fraction of sp³-hybridized carbons (Fsp3) is 0.857. The molecule has 1 aliphatic rings. The summed E-state index contributed by atoms with van der Waals surface area (Å²) >= 11 is 1.30. The van der Waals surface area contributed by atoms with Crippen LogP contribution >= 0.6 is 11.9 Å². The summed E-state index contributed by atoms with van der Waals surface area (Å²) in [4.78, 5) is 12.9.